The van der Waals surface area contributed by atoms with Crippen LogP contribution in [-0.4, -0.2) is 23.8 Å². The van der Waals surface area contributed by atoms with Crippen molar-refractivity contribution in [3.05, 3.63) is 22.4 Å². The Hall–Kier alpha value is -0.380. The molecule has 0 aliphatic rings. The summed E-state index contributed by atoms with van der Waals surface area (Å²) in [6, 6.07) is 2.14. The lowest BCUT2D eigenvalue weighted by Crippen LogP contribution is -2.43. The molecule has 2 N–H and O–H groups in total. The van der Waals surface area contributed by atoms with Crippen LogP contribution in [0.15, 0.2) is 16.8 Å². The standard InChI is InChI=1S/C10H17NOS/c1-10(2,8-12)11-5-3-9-4-6-13-7-9/h4,6-7,11-12H,3,5,8H2,1-2H3. The van der Waals surface area contributed by atoms with Crippen LogP contribution in [0, 0.1) is 0 Å². The second-order valence-electron chi connectivity index (χ2n) is 3.85. The molecule has 0 aliphatic heterocycles. The zero-order valence-corrected chi connectivity index (χ0v) is 9.03. The summed E-state index contributed by atoms with van der Waals surface area (Å²) in [6.45, 7) is 5.10. The molecular formula is C10H17NOS. The number of aliphatic hydroxyl groups is 1. The molecular weight excluding hydrogens is 182 g/mol. The average Bonchev–Trinajstić information content (AvgIpc) is 2.57. The van der Waals surface area contributed by atoms with E-state index in [-0.39, 0.29) is 12.1 Å². The van der Waals surface area contributed by atoms with Crippen molar-refractivity contribution in [2.75, 3.05) is 13.2 Å². The predicted octanol–water partition coefficient (Wildman–Crippen LogP) is 1.65. The van der Waals surface area contributed by atoms with Crippen molar-refractivity contribution in [2.24, 2.45) is 0 Å². The van der Waals surface area contributed by atoms with Gasteiger partial charge in [-0.1, -0.05) is 0 Å². The zero-order chi connectivity index (χ0) is 9.73. The minimum Gasteiger partial charge on any atom is -0.394 e. The van der Waals surface area contributed by atoms with E-state index >= 15 is 0 Å². The Morgan fingerprint density at radius 3 is 2.85 bits per heavy atom. The summed E-state index contributed by atoms with van der Waals surface area (Å²) in [6.07, 6.45) is 1.03. The van der Waals surface area contributed by atoms with Gasteiger partial charge in [-0.05, 0) is 49.2 Å². The molecule has 0 aliphatic carbocycles. The van der Waals surface area contributed by atoms with Crippen LogP contribution in [0.3, 0.4) is 0 Å². The van der Waals surface area contributed by atoms with Gasteiger partial charge < -0.3 is 10.4 Å². The van der Waals surface area contributed by atoms with E-state index in [4.69, 9.17) is 5.11 Å². The van der Waals surface area contributed by atoms with Crippen LogP contribution in [0.25, 0.3) is 0 Å². The minimum atomic E-state index is -0.157. The fraction of sp³-hybridized carbons (Fsp3) is 0.600. The van der Waals surface area contributed by atoms with Gasteiger partial charge in [0.2, 0.25) is 0 Å². The lowest BCUT2D eigenvalue weighted by molar-refractivity contribution is 0.189. The number of aliphatic hydroxyl groups excluding tert-OH is 1. The highest BCUT2D eigenvalue weighted by molar-refractivity contribution is 7.07. The molecule has 0 saturated heterocycles. The van der Waals surface area contributed by atoms with Gasteiger partial charge in [-0.3, -0.25) is 0 Å². The van der Waals surface area contributed by atoms with Crippen molar-refractivity contribution in [1.29, 1.82) is 0 Å². The quantitative estimate of drug-likeness (QED) is 0.756. The fourth-order valence-electron chi connectivity index (χ4n) is 1.04. The van der Waals surface area contributed by atoms with E-state index in [0.29, 0.717) is 0 Å². The first-order chi connectivity index (χ1) is 6.14. The molecule has 2 nitrogen and oxygen atoms in total. The molecule has 0 fully saturated rings. The lowest BCUT2D eigenvalue weighted by atomic mass is 10.1. The monoisotopic (exact) mass is 199 g/mol. The second kappa shape index (κ2) is 4.74. The van der Waals surface area contributed by atoms with Gasteiger partial charge in [-0.25, -0.2) is 0 Å². The van der Waals surface area contributed by atoms with Crippen LogP contribution in [-0.2, 0) is 6.42 Å². The largest absolute Gasteiger partial charge is 0.394 e. The first-order valence-corrected chi connectivity index (χ1v) is 5.45. The first-order valence-electron chi connectivity index (χ1n) is 4.51. The van der Waals surface area contributed by atoms with E-state index < -0.39 is 0 Å². The van der Waals surface area contributed by atoms with Crippen molar-refractivity contribution >= 4 is 11.3 Å². The van der Waals surface area contributed by atoms with Gasteiger partial charge in [0.1, 0.15) is 0 Å². The van der Waals surface area contributed by atoms with Gasteiger partial charge in [0, 0.05) is 5.54 Å². The highest BCUT2D eigenvalue weighted by Gasteiger charge is 2.13. The average molecular weight is 199 g/mol. The third kappa shape index (κ3) is 3.89. The maximum atomic E-state index is 8.99. The van der Waals surface area contributed by atoms with Gasteiger partial charge in [-0.15, -0.1) is 0 Å². The van der Waals surface area contributed by atoms with E-state index in [0.717, 1.165) is 13.0 Å². The highest BCUT2D eigenvalue weighted by Crippen LogP contribution is 2.06. The smallest absolute Gasteiger partial charge is 0.0607 e. The molecule has 1 rings (SSSR count). The molecule has 0 aromatic carbocycles. The van der Waals surface area contributed by atoms with Gasteiger partial charge >= 0.3 is 0 Å². The van der Waals surface area contributed by atoms with Crippen LogP contribution in [0.4, 0.5) is 0 Å². The zero-order valence-electron chi connectivity index (χ0n) is 8.21. The van der Waals surface area contributed by atoms with Crippen molar-refractivity contribution < 1.29 is 5.11 Å². The Morgan fingerprint density at radius 2 is 2.31 bits per heavy atom. The van der Waals surface area contributed by atoms with E-state index in [9.17, 15) is 0 Å². The topological polar surface area (TPSA) is 32.3 Å². The summed E-state index contributed by atoms with van der Waals surface area (Å²) in [5, 5.41) is 16.5. The van der Waals surface area contributed by atoms with E-state index in [2.05, 4.69) is 22.1 Å². The second-order valence-corrected chi connectivity index (χ2v) is 4.63. The number of nitrogens with one attached hydrogen (secondary N) is 1. The van der Waals surface area contributed by atoms with E-state index in [1.54, 1.807) is 11.3 Å². The molecule has 74 valence electrons. The normalized spacial score (nSPS) is 11.9. The molecule has 0 bridgehead atoms. The Kier molecular flexibility index (Phi) is 3.90. The summed E-state index contributed by atoms with van der Waals surface area (Å²) in [5.41, 5.74) is 1.21. The predicted molar refractivity (Wildman–Crippen MR) is 57.2 cm³/mol. The van der Waals surface area contributed by atoms with E-state index in [1.165, 1.54) is 5.56 Å². The van der Waals surface area contributed by atoms with Crippen LogP contribution in [0.1, 0.15) is 19.4 Å². The van der Waals surface area contributed by atoms with Crippen LogP contribution >= 0.6 is 11.3 Å². The SMILES string of the molecule is CC(C)(CO)NCCc1ccsc1. The molecule has 1 aromatic heterocycles. The molecule has 0 radical (unpaired) electrons. The van der Waals surface area contributed by atoms with Crippen molar-refractivity contribution in [1.82, 2.24) is 5.32 Å². The van der Waals surface area contributed by atoms with Gasteiger partial charge in [0.25, 0.3) is 0 Å². The van der Waals surface area contributed by atoms with Gasteiger partial charge in [0.05, 0.1) is 6.61 Å². The van der Waals surface area contributed by atoms with Gasteiger partial charge in [-0.2, -0.15) is 11.3 Å². The number of rotatable bonds is 5. The Bertz CT molecular complexity index is 231. The Balaban J connectivity index is 2.21. The van der Waals surface area contributed by atoms with Crippen LogP contribution in [0.5, 0.6) is 0 Å². The summed E-state index contributed by atoms with van der Waals surface area (Å²) in [5.74, 6) is 0. The summed E-state index contributed by atoms with van der Waals surface area (Å²) in [7, 11) is 0. The van der Waals surface area contributed by atoms with E-state index in [1.807, 2.05) is 13.8 Å². The lowest BCUT2D eigenvalue weighted by Gasteiger charge is -2.23. The number of hydrogen-bond acceptors (Lipinski definition) is 3. The molecule has 13 heavy (non-hydrogen) atoms. The molecule has 1 aromatic rings. The number of hydrogen-bond donors (Lipinski definition) is 2. The maximum Gasteiger partial charge on any atom is 0.0607 e. The van der Waals surface area contributed by atoms with Crippen molar-refractivity contribution in [3.63, 3.8) is 0 Å². The van der Waals surface area contributed by atoms with Crippen molar-refractivity contribution in [2.45, 2.75) is 25.8 Å². The molecule has 0 atom stereocenters. The summed E-state index contributed by atoms with van der Waals surface area (Å²) in [4.78, 5) is 0. The Morgan fingerprint density at radius 1 is 1.54 bits per heavy atom. The molecule has 1 heterocycles. The Labute approximate surface area is 83.6 Å². The maximum absolute atomic E-state index is 8.99. The van der Waals surface area contributed by atoms with Crippen molar-refractivity contribution in [3.8, 4) is 0 Å². The number of thiophene rings is 1. The molecule has 0 amide bonds. The molecule has 0 unspecified atom stereocenters. The first kappa shape index (κ1) is 10.7. The highest BCUT2D eigenvalue weighted by atomic mass is 32.1. The third-order valence-electron chi connectivity index (χ3n) is 1.99. The fourth-order valence-corrected chi connectivity index (χ4v) is 1.74. The minimum absolute atomic E-state index is 0.157. The summed E-state index contributed by atoms with van der Waals surface area (Å²) < 4.78 is 0. The summed E-state index contributed by atoms with van der Waals surface area (Å²) >= 11 is 1.73. The molecule has 3 heteroatoms. The van der Waals surface area contributed by atoms with Crippen LogP contribution in [0.2, 0.25) is 0 Å². The molecule has 0 saturated carbocycles. The van der Waals surface area contributed by atoms with Gasteiger partial charge in [0.15, 0.2) is 0 Å². The third-order valence-corrected chi connectivity index (χ3v) is 2.72. The van der Waals surface area contributed by atoms with Crippen LogP contribution < -0.4 is 5.32 Å². The molecule has 0 spiro atoms.